The molecule has 0 spiro atoms. The van der Waals surface area contributed by atoms with E-state index in [0.29, 0.717) is 0 Å². The molecule has 1 aliphatic rings. The molecule has 0 amide bonds. The molecule has 2 atom stereocenters. The topological polar surface area (TPSA) is 66.8 Å². The lowest BCUT2D eigenvalue weighted by Gasteiger charge is -2.42. The van der Waals surface area contributed by atoms with E-state index >= 15 is 0 Å². The van der Waals surface area contributed by atoms with Crippen LogP contribution in [0.15, 0.2) is 24.3 Å². The normalized spacial score (nSPS) is 33.0. The molecule has 1 aliphatic carbocycles. The van der Waals surface area contributed by atoms with Crippen LogP contribution in [0.25, 0.3) is 0 Å². The summed E-state index contributed by atoms with van der Waals surface area (Å²) < 4.78 is 5.49. The van der Waals surface area contributed by atoms with E-state index in [4.69, 9.17) is 9.84 Å². The lowest BCUT2D eigenvalue weighted by Crippen LogP contribution is -2.54. The van der Waals surface area contributed by atoms with Gasteiger partial charge in [-0.1, -0.05) is 18.2 Å². The quantitative estimate of drug-likeness (QED) is 0.720. The van der Waals surface area contributed by atoms with Crippen molar-refractivity contribution in [1.29, 1.82) is 0 Å². The second kappa shape index (κ2) is 4.91. The standard InChI is InChI=1S/C12H18O4/c1-10(14)9-12(16-8-7-13)6-4-3-5-11(12,2)15/h3-6,13,15H,7-9H2,1-2H3. The van der Waals surface area contributed by atoms with E-state index in [2.05, 4.69) is 0 Å². The number of hydrogen-bond acceptors (Lipinski definition) is 4. The van der Waals surface area contributed by atoms with Gasteiger partial charge in [0.1, 0.15) is 17.0 Å². The van der Waals surface area contributed by atoms with Gasteiger partial charge >= 0.3 is 0 Å². The van der Waals surface area contributed by atoms with Crippen LogP contribution < -0.4 is 0 Å². The Morgan fingerprint density at radius 2 is 2.00 bits per heavy atom. The van der Waals surface area contributed by atoms with Crippen molar-refractivity contribution in [2.45, 2.75) is 31.5 Å². The van der Waals surface area contributed by atoms with Crippen LogP contribution >= 0.6 is 0 Å². The van der Waals surface area contributed by atoms with Crippen LogP contribution in [-0.4, -0.2) is 40.4 Å². The van der Waals surface area contributed by atoms with E-state index in [1.807, 2.05) is 0 Å². The average molecular weight is 226 g/mol. The Balaban J connectivity index is 2.97. The van der Waals surface area contributed by atoms with Gasteiger partial charge in [-0.2, -0.15) is 0 Å². The van der Waals surface area contributed by atoms with Gasteiger partial charge in [-0.15, -0.1) is 0 Å². The van der Waals surface area contributed by atoms with Gasteiger partial charge < -0.3 is 14.9 Å². The highest BCUT2D eigenvalue weighted by molar-refractivity contribution is 5.77. The van der Waals surface area contributed by atoms with Crippen LogP contribution in [0.2, 0.25) is 0 Å². The first-order valence-corrected chi connectivity index (χ1v) is 5.27. The molecule has 2 N–H and O–H groups in total. The van der Waals surface area contributed by atoms with Gasteiger partial charge in [-0.25, -0.2) is 0 Å². The third-order valence-corrected chi connectivity index (χ3v) is 2.72. The molecule has 2 unspecified atom stereocenters. The van der Waals surface area contributed by atoms with Gasteiger partial charge in [-0.3, -0.25) is 4.79 Å². The van der Waals surface area contributed by atoms with Gasteiger partial charge in [0.05, 0.1) is 13.2 Å². The fraction of sp³-hybridized carbons (Fsp3) is 0.583. The number of ketones is 1. The summed E-state index contributed by atoms with van der Waals surface area (Å²) in [5, 5.41) is 19.0. The van der Waals surface area contributed by atoms with Crippen molar-refractivity contribution in [3.8, 4) is 0 Å². The van der Waals surface area contributed by atoms with Crippen molar-refractivity contribution >= 4 is 5.78 Å². The van der Waals surface area contributed by atoms with Crippen molar-refractivity contribution in [3.05, 3.63) is 24.3 Å². The van der Waals surface area contributed by atoms with E-state index in [9.17, 15) is 9.90 Å². The molecule has 0 fully saturated rings. The molecule has 0 aromatic rings. The third kappa shape index (κ3) is 2.58. The minimum absolute atomic E-state index is 0.0711. The maximum absolute atomic E-state index is 11.3. The van der Waals surface area contributed by atoms with Crippen LogP contribution in [0.4, 0.5) is 0 Å². The summed E-state index contributed by atoms with van der Waals surface area (Å²) in [6.45, 7) is 2.98. The molecule has 0 heterocycles. The molecule has 0 aliphatic heterocycles. The van der Waals surface area contributed by atoms with Crippen LogP contribution in [0, 0.1) is 0 Å². The molecule has 90 valence electrons. The smallest absolute Gasteiger partial charge is 0.133 e. The number of carbonyl (C=O) groups excluding carboxylic acids is 1. The molecular weight excluding hydrogens is 208 g/mol. The van der Waals surface area contributed by atoms with Crippen molar-refractivity contribution < 1.29 is 19.7 Å². The Morgan fingerprint density at radius 3 is 2.50 bits per heavy atom. The summed E-state index contributed by atoms with van der Waals surface area (Å²) in [4.78, 5) is 11.3. The Kier molecular flexibility index (Phi) is 4.02. The Hall–Kier alpha value is -0.970. The van der Waals surface area contributed by atoms with Crippen molar-refractivity contribution in [1.82, 2.24) is 0 Å². The Bertz CT molecular complexity index is 317. The number of hydrogen-bond donors (Lipinski definition) is 2. The molecule has 0 radical (unpaired) electrons. The number of allylic oxidation sites excluding steroid dienone is 2. The molecule has 0 bridgehead atoms. The first-order chi connectivity index (χ1) is 7.43. The van der Waals surface area contributed by atoms with Crippen LogP contribution in [0.1, 0.15) is 20.3 Å². The number of ether oxygens (including phenoxy) is 1. The number of aliphatic hydroxyl groups excluding tert-OH is 1. The fourth-order valence-corrected chi connectivity index (χ4v) is 1.84. The van der Waals surface area contributed by atoms with Gasteiger partial charge in [0.25, 0.3) is 0 Å². The summed E-state index contributed by atoms with van der Waals surface area (Å²) >= 11 is 0. The van der Waals surface area contributed by atoms with Gasteiger partial charge in [0.15, 0.2) is 0 Å². The molecule has 0 saturated carbocycles. The molecular formula is C12H18O4. The Morgan fingerprint density at radius 1 is 1.38 bits per heavy atom. The highest BCUT2D eigenvalue weighted by Crippen LogP contribution is 2.35. The minimum atomic E-state index is -1.25. The second-order valence-electron chi connectivity index (χ2n) is 4.21. The lowest BCUT2D eigenvalue weighted by molar-refractivity contribution is -0.148. The molecule has 1 rings (SSSR count). The first-order valence-electron chi connectivity index (χ1n) is 5.27. The van der Waals surface area contributed by atoms with Crippen molar-refractivity contribution in [2.24, 2.45) is 0 Å². The maximum atomic E-state index is 11.3. The molecule has 16 heavy (non-hydrogen) atoms. The number of carbonyl (C=O) groups is 1. The molecule has 4 heteroatoms. The number of rotatable bonds is 5. The van der Waals surface area contributed by atoms with E-state index in [1.165, 1.54) is 6.92 Å². The lowest BCUT2D eigenvalue weighted by atomic mass is 9.77. The van der Waals surface area contributed by atoms with E-state index in [0.717, 1.165) is 0 Å². The number of aliphatic hydroxyl groups is 2. The van der Waals surface area contributed by atoms with E-state index < -0.39 is 11.2 Å². The first kappa shape index (κ1) is 13.1. The number of Topliss-reactive ketones (excluding diaryl/α,β-unsaturated/α-hetero) is 1. The van der Waals surface area contributed by atoms with E-state index in [-0.39, 0.29) is 25.4 Å². The van der Waals surface area contributed by atoms with Crippen molar-refractivity contribution in [2.75, 3.05) is 13.2 Å². The predicted octanol–water partition coefficient (Wildman–Crippen LogP) is 0.590. The highest BCUT2D eigenvalue weighted by Gasteiger charge is 2.46. The van der Waals surface area contributed by atoms with Gasteiger partial charge in [0, 0.05) is 6.42 Å². The van der Waals surface area contributed by atoms with Crippen LogP contribution in [0.5, 0.6) is 0 Å². The summed E-state index contributed by atoms with van der Waals surface area (Å²) in [7, 11) is 0. The zero-order valence-corrected chi connectivity index (χ0v) is 9.64. The highest BCUT2D eigenvalue weighted by atomic mass is 16.5. The van der Waals surface area contributed by atoms with Crippen LogP contribution in [-0.2, 0) is 9.53 Å². The fourth-order valence-electron chi connectivity index (χ4n) is 1.84. The monoisotopic (exact) mass is 226 g/mol. The predicted molar refractivity (Wildman–Crippen MR) is 60.0 cm³/mol. The largest absolute Gasteiger partial charge is 0.394 e. The third-order valence-electron chi connectivity index (χ3n) is 2.72. The van der Waals surface area contributed by atoms with E-state index in [1.54, 1.807) is 31.2 Å². The van der Waals surface area contributed by atoms with Gasteiger partial charge in [0.2, 0.25) is 0 Å². The maximum Gasteiger partial charge on any atom is 0.133 e. The molecule has 0 saturated heterocycles. The zero-order valence-electron chi connectivity index (χ0n) is 9.64. The average Bonchev–Trinajstić information content (AvgIpc) is 2.18. The van der Waals surface area contributed by atoms with Gasteiger partial charge in [-0.05, 0) is 19.9 Å². The zero-order chi connectivity index (χ0) is 12.2. The SMILES string of the molecule is CC(=O)CC1(OCCO)C=CC=CC1(C)O. The summed E-state index contributed by atoms with van der Waals surface area (Å²) in [5.74, 6) is -0.0711. The van der Waals surface area contributed by atoms with Crippen LogP contribution in [0.3, 0.4) is 0 Å². The summed E-state index contributed by atoms with van der Waals surface area (Å²) in [6, 6.07) is 0. The van der Waals surface area contributed by atoms with Crippen molar-refractivity contribution in [3.63, 3.8) is 0 Å². The minimum Gasteiger partial charge on any atom is -0.394 e. The Labute approximate surface area is 95.2 Å². The second-order valence-corrected chi connectivity index (χ2v) is 4.21. The summed E-state index contributed by atoms with van der Waals surface area (Å²) in [6.07, 6.45) is 6.79. The molecule has 0 aromatic heterocycles. The molecule has 4 nitrogen and oxygen atoms in total. The molecule has 0 aromatic carbocycles. The summed E-state index contributed by atoms with van der Waals surface area (Å²) in [5.41, 5.74) is -2.32.